The third kappa shape index (κ3) is 2.78. The van der Waals surface area contributed by atoms with E-state index in [0.717, 1.165) is 31.3 Å². The van der Waals surface area contributed by atoms with E-state index < -0.39 is 0 Å². The van der Waals surface area contributed by atoms with Crippen LogP contribution in [0.2, 0.25) is 0 Å². The summed E-state index contributed by atoms with van der Waals surface area (Å²) in [5.41, 5.74) is 1.29. The van der Waals surface area contributed by atoms with Crippen LogP contribution >= 0.6 is 0 Å². The molecule has 0 aliphatic carbocycles. The number of aromatic nitrogens is 1. The first-order valence-electron chi connectivity index (χ1n) is 6.73. The van der Waals surface area contributed by atoms with Gasteiger partial charge in [0.15, 0.2) is 0 Å². The molecule has 1 heterocycles. The highest BCUT2D eigenvalue weighted by Gasteiger charge is 2.18. The molecule has 0 bridgehead atoms. The van der Waals surface area contributed by atoms with Crippen LogP contribution in [0.3, 0.4) is 0 Å². The van der Waals surface area contributed by atoms with E-state index in [1.807, 2.05) is 4.90 Å². The predicted octanol–water partition coefficient (Wildman–Crippen LogP) is 3.57. The lowest BCUT2D eigenvalue weighted by Gasteiger charge is -2.21. The van der Waals surface area contributed by atoms with Crippen molar-refractivity contribution >= 4 is 16.8 Å². The second kappa shape index (κ2) is 5.87. The van der Waals surface area contributed by atoms with Crippen molar-refractivity contribution in [2.24, 2.45) is 0 Å². The molecule has 0 spiro atoms. The monoisotopic (exact) mass is 262 g/mol. The van der Waals surface area contributed by atoms with Crippen LogP contribution in [0.4, 0.5) is 4.39 Å². The molecule has 1 aromatic heterocycles. The lowest BCUT2D eigenvalue weighted by molar-refractivity contribution is 0.0757. The maximum Gasteiger partial charge on any atom is 0.256 e. The van der Waals surface area contributed by atoms with Crippen LogP contribution in [0.25, 0.3) is 10.9 Å². The summed E-state index contributed by atoms with van der Waals surface area (Å²) < 4.78 is 13.1. The SMILES string of the molecule is CCCN(CCC)C(=O)c1c[nH]c2cc(F)ccc12. The number of rotatable bonds is 5. The number of benzene rings is 1. The van der Waals surface area contributed by atoms with E-state index in [0.29, 0.717) is 11.1 Å². The minimum Gasteiger partial charge on any atom is -0.360 e. The Labute approximate surface area is 112 Å². The molecule has 2 rings (SSSR count). The highest BCUT2D eigenvalue weighted by atomic mass is 19.1. The number of hydrogen-bond donors (Lipinski definition) is 1. The molecule has 3 nitrogen and oxygen atoms in total. The Hall–Kier alpha value is -1.84. The normalized spacial score (nSPS) is 10.9. The van der Waals surface area contributed by atoms with Gasteiger partial charge in [-0.25, -0.2) is 4.39 Å². The fourth-order valence-corrected chi connectivity index (χ4v) is 2.30. The van der Waals surface area contributed by atoms with E-state index in [1.165, 1.54) is 12.1 Å². The van der Waals surface area contributed by atoms with Gasteiger partial charge in [-0.2, -0.15) is 0 Å². The van der Waals surface area contributed by atoms with Gasteiger partial charge in [0.05, 0.1) is 5.56 Å². The van der Waals surface area contributed by atoms with Crippen LogP contribution < -0.4 is 0 Å². The molecule has 0 fully saturated rings. The van der Waals surface area contributed by atoms with Crippen molar-refractivity contribution in [1.29, 1.82) is 0 Å². The summed E-state index contributed by atoms with van der Waals surface area (Å²) in [7, 11) is 0. The lowest BCUT2D eigenvalue weighted by atomic mass is 10.1. The van der Waals surface area contributed by atoms with Crippen molar-refractivity contribution in [2.45, 2.75) is 26.7 Å². The van der Waals surface area contributed by atoms with E-state index in [9.17, 15) is 9.18 Å². The molecular formula is C15H19FN2O. The average molecular weight is 262 g/mol. The largest absolute Gasteiger partial charge is 0.360 e. The zero-order chi connectivity index (χ0) is 13.8. The molecule has 0 saturated heterocycles. The van der Waals surface area contributed by atoms with Gasteiger partial charge >= 0.3 is 0 Å². The maximum absolute atomic E-state index is 13.1. The molecule has 0 aliphatic heterocycles. The molecule has 1 amide bonds. The van der Waals surface area contributed by atoms with Gasteiger partial charge < -0.3 is 9.88 Å². The molecule has 0 radical (unpaired) electrons. The van der Waals surface area contributed by atoms with E-state index in [2.05, 4.69) is 18.8 Å². The quantitative estimate of drug-likeness (QED) is 0.878. The van der Waals surface area contributed by atoms with E-state index >= 15 is 0 Å². The average Bonchev–Trinajstić information content (AvgIpc) is 2.80. The Kier molecular flexibility index (Phi) is 4.20. The number of nitrogens with zero attached hydrogens (tertiary/aromatic N) is 1. The Morgan fingerprint density at radius 3 is 2.58 bits per heavy atom. The number of carbonyl (C=O) groups excluding carboxylic acids is 1. The standard InChI is InChI=1S/C15H19FN2O/c1-3-7-18(8-4-2)15(19)13-10-17-14-9-11(16)5-6-12(13)14/h5-6,9-10,17H,3-4,7-8H2,1-2H3. The fourth-order valence-electron chi connectivity index (χ4n) is 2.30. The number of amides is 1. The van der Waals surface area contributed by atoms with Crippen molar-refractivity contribution < 1.29 is 9.18 Å². The highest BCUT2D eigenvalue weighted by Crippen LogP contribution is 2.21. The number of carbonyl (C=O) groups is 1. The van der Waals surface area contributed by atoms with Gasteiger partial charge in [0.2, 0.25) is 0 Å². The predicted molar refractivity (Wildman–Crippen MR) is 74.7 cm³/mol. The van der Waals surface area contributed by atoms with Crippen LogP contribution in [0, 0.1) is 5.82 Å². The minimum atomic E-state index is -0.299. The zero-order valence-electron chi connectivity index (χ0n) is 11.4. The van der Waals surface area contributed by atoms with Crippen molar-refractivity contribution in [3.8, 4) is 0 Å². The summed E-state index contributed by atoms with van der Waals surface area (Å²) in [5.74, 6) is -0.283. The molecule has 0 aliphatic rings. The van der Waals surface area contributed by atoms with Crippen molar-refractivity contribution in [2.75, 3.05) is 13.1 Å². The Morgan fingerprint density at radius 1 is 1.26 bits per heavy atom. The first-order chi connectivity index (χ1) is 9.17. The van der Waals surface area contributed by atoms with Crippen LogP contribution in [0.1, 0.15) is 37.0 Å². The molecular weight excluding hydrogens is 243 g/mol. The van der Waals surface area contributed by atoms with Crippen molar-refractivity contribution in [3.63, 3.8) is 0 Å². The third-order valence-electron chi connectivity index (χ3n) is 3.15. The Morgan fingerprint density at radius 2 is 1.95 bits per heavy atom. The van der Waals surface area contributed by atoms with Crippen molar-refractivity contribution in [3.05, 3.63) is 35.8 Å². The molecule has 19 heavy (non-hydrogen) atoms. The topological polar surface area (TPSA) is 36.1 Å². The van der Waals surface area contributed by atoms with Gasteiger partial charge in [-0.15, -0.1) is 0 Å². The van der Waals surface area contributed by atoms with Gasteiger partial charge in [-0.3, -0.25) is 4.79 Å². The molecule has 102 valence electrons. The lowest BCUT2D eigenvalue weighted by Crippen LogP contribution is -2.32. The molecule has 0 unspecified atom stereocenters. The first-order valence-corrected chi connectivity index (χ1v) is 6.73. The summed E-state index contributed by atoms with van der Waals surface area (Å²) in [4.78, 5) is 17.3. The van der Waals surface area contributed by atoms with Crippen LogP contribution in [0.5, 0.6) is 0 Å². The molecule has 1 N–H and O–H groups in total. The zero-order valence-corrected chi connectivity index (χ0v) is 11.4. The smallest absolute Gasteiger partial charge is 0.256 e. The van der Waals surface area contributed by atoms with Gasteiger partial charge in [0.25, 0.3) is 5.91 Å². The number of hydrogen-bond acceptors (Lipinski definition) is 1. The van der Waals surface area contributed by atoms with E-state index in [-0.39, 0.29) is 11.7 Å². The summed E-state index contributed by atoms with van der Waals surface area (Å²) in [6, 6.07) is 4.46. The van der Waals surface area contributed by atoms with Crippen LogP contribution in [0.15, 0.2) is 24.4 Å². The molecule has 2 aromatic rings. The molecule has 1 aromatic carbocycles. The number of fused-ring (bicyclic) bond motifs is 1. The van der Waals surface area contributed by atoms with Gasteiger partial charge in [-0.1, -0.05) is 13.8 Å². The Balaban J connectivity index is 2.34. The molecule has 4 heteroatoms. The second-order valence-electron chi connectivity index (χ2n) is 4.68. The summed E-state index contributed by atoms with van der Waals surface area (Å²) >= 11 is 0. The van der Waals surface area contributed by atoms with Crippen LogP contribution in [-0.4, -0.2) is 28.9 Å². The Bertz CT molecular complexity index is 571. The van der Waals surface area contributed by atoms with Gasteiger partial charge in [-0.05, 0) is 31.0 Å². The van der Waals surface area contributed by atoms with Gasteiger partial charge in [0.1, 0.15) is 5.82 Å². The number of halogens is 1. The van der Waals surface area contributed by atoms with Crippen molar-refractivity contribution in [1.82, 2.24) is 9.88 Å². The number of nitrogens with one attached hydrogen (secondary N) is 1. The third-order valence-corrected chi connectivity index (χ3v) is 3.15. The summed E-state index contributed by atoms with van der Waals surface area (Å²) in [5, 5.41) is 0.781. The highest BCUT2D eigenvalue weighted by molar-refractivity contribution is 6.06. The fraction of sp³-hybridized carbons (Fsp3) is 0.400. The van der Waals surface area contributed by atoms with Crippen LogP contribution in [-0.2, 0) is 0 Å². The summed E-state index contributed by atoms with van der Waals surface area (Å²) in [6.07, 6.45) is 3.54. The minimum absolute atomic E-state index is 0.0153. The molecule has 0 saturated carbocycles. The maximum atomic E-state index is 13.1. The van der Waals surface area contributed by atoms with E-state index in [1.54, 1.807) is 12.3 Å². The second-order valence-corrected chi connectivity index (χ2v) is 4.68. The van der Waals surface area contributed by atoms with E-state index in [4.69, 9.17) is 0 Å². The summed E-state index contributed by atoms with van der Waals surface area (Å²) in [6.45, 7) is 5.61. The number of aromatic amines is 1. The molecule has 0 atom stereocenters. The first kappa shape index (κ1) is 13.6. The van der Waals surface area contributed by atoms with Gasteiger partial charge in [0, 0.05) is 30.2 Å². The number of H-pyrrole nitrogens is 1.